The predicted molar refractivity (Wildman–Crippen MR) is 142 cm³/mol. The Morgan fingerprint density at radius 2 is 1.65 bits per heavy atom. The maximum Gasteiger partial charge on any atom is 0.257 e. The molecule has 1 unspecified atom stereocenters. The number of aliphatic hydroxyl groups excluding tert-OH is 1. The molecule has 3 aromatic carbocycles. The van der Waals surface area contributed by atoms with E-state index in [-0.39, 0.29) is 19.1 Å². The maximum atomic E-state index is 14.3. The molecule has 0 aromatic heterocycles. The summed E-state index contributed by atoms with van der Waals surface area (Å²) in [4.78, 5) is 16.0. The van der Waals surface area contributed by atoms with E-state index in [1.807, 2.05) is 37.3 Å². The standard InChI is InChI=1S/C29H29Cl2NO5/c1-17(18-4-9-21(30)10-5-18)32-27(34)23-14-20(28(2,3)35)8-13-24(23)29(32,19-6-11-22(31)12-7-19)37-26-16-36-15-25(26)33/h4-14,17,25-26,33,35H,15-16H2,1-3H3/t17?,25-,26+,29+/m0/s1. The molecule has 1 amide bonds. The third kappa shape index (κ3) is 4.56. The molecule has 8 heteroatoms. The Hall–Kier alpha value is -2.45. The summed E-state index contributed by atoms with van der Waals surface area (Å²) in [5.74, 6) is -0.257. The van der Waals surface area contributed by atoms with E-state index in [1.54, 1.807) is 55.1 Å². The highest BCUT2D eigenvalue weighted by Gasteiger charge is 2.56. The van der Waals surface area contributed by atoms with Crippen molar-refractivity contribution < 1.29 is 24.5 Å². The molecular weight excluding hydrogens is 513 g/mol. The quantitative estimate of drug-likeness (QED) is 0.435. The van der Waals surface area contributed by atoms with Crippen LogP contribution in [0.4, 0.5) is 0 Å². The number of ether oxygens (including phenoxy) is 2. The molecule has 0 spiro atoms. The second-order valence-corrected chi connectivity index (χ2v) is 11.0. The van der Waals surface area contributed by atoms with Crippen LogP contribution < -0.4 is 0 Å². The molecule has 4 atom stereocenters. The third-order valence-electron chi connectivity index (χ3n) is 7.18. The lowest BCUT2D eigenvalue weighted by atomic mass is 9.88. The van der Waals surface area contributed by atoms with Gasteiger partial charge in [0.25, 0.3) is 5.91 Å². The van der Waals surface area contributed by atoms with E-state index in [1.165, 1.54) is 0 Å². The Bertz CT molecular complexity index is 1310. The van der Waals surface area contributed by atoms with Crippen molar-refractivity contribution >= 4 is 29.1 Å². The molecule has 2 aliphatic rings. The Morgan fingerprint density at radius 3 is 2.22 bits per heavy atom. The van der Waals surface area contributed by atoms with Gasteiger partial charge in [0.05, 0.1) is 24.9 Å². The lowest BCUT2D eigenvalue weighted by molar-refractivity contribution is -0.172. The van der Waals surface area contributed by atoms with E-state index in [0.29, 0.717) is 32.3 Å². The minimum atomic E-state index is -1.40. The van der Waals surface area contributed by atoms with Crippen LogP contribution in [0.5, 0.6) is 0 Å². The van der Waals surface area contributed by atoms with Crippen molar-refractivity contribution in [3.05, 3.63) is 105 Å². The molecule has 3 aromatic rings. The number of carbonyl (C=O) groups is 1. The number of amides is 1. The zero-order valence-electron chi connectivity index (χ0n) is 20.8. The molecule has 2 heterocycles. The number of rotatable bonds is 6. The van der Waals surface area contributed by atoms with E-state index in [4.69, 9.17) is 32.7 Å². The van der Waals surface area contributed by atoms with Gasteiger partial charge in [-0.15, -0.1) is 0 Å². The van der Waals surface area contributed by atoms with Gasteiger partial charge in [0.2, 0.25) is 0 Å². The molecule has 0 aliphatic carbocycles. The number of nitrogens with zero attached hydrogens (tertiary/aromatic N) is 1. The van der Waals surface area contributed by atoms with Crippen LogP contribution in [0.15, 0.2) is 66.7 Å². The molecule has 2 N–H and O–H groups in total. The fourth-order valence-electron chi connectivity index (χ4n) is 5.15. The van der Waals surface area contributed by atoms with E-state index >= 15 is 0 Å². The molecule has 5 rings (SSSR count). The first-order chi connectivity index (χ1) is 17.5. The van der Waals surface area contributed by atoms with Crippen molar-refractivity contribution in [1.29, 1.82) is 0 Å². The number of aliphatic hydroxyl groups is 2. The first-order valence-corrected chi connectivity index (χ1v) is 12.9. The average molecular weight is 542 g/mol. The summed E-state index contributed by atoms with van der Waals surface area (Å²) in [6.45, 7) is 5.62. The highest BCUT2D eigenvalue weighted by atomic mass is 35.5. The van der Waals surface area contributed by atoms with Gasteiger partial charge in [-0.2, -0.15) is 0 Å². The summed E-state index contributed by atoms with van der Waals surface area (Å²) in [6.07, 6.45) is -1.53. The number of fused-ring (bicyclic) bond motifs is 1. The molecule has 37 heavy (non-hydrogen) atoms. The molecule has 0 radical (unpaired) electrons. The first-order valence-electron chi connectivity index (χ1n) is 12.2. The van der Waals surface area contributed by atoms with Crippen LogP contribution in [0.2, 0.25) is 10.0 Å². The summed E-state index contributed by atoms with van der Waals surface area (Å²) in [6, 6.07) is 19.4. The molecular formula is C29H29Cl2NO5. The van der Waals surface area contributed by atoms with Gasteiger partial charge >= 0.3 is 0 Å². The second kappa shape index (κ2) is 9.70. The lowest BCUT2D eigenvalue weighted by Gasteiger charge is -2.44. The van der Waals surface area contributed by atoms with Crippen molar-refractivity contribution in [1.82, 2.24) is 4.90 Å². The van der Waals surface area contributed by atoms with E-state index < -0.39 is 29.6 Å². The smallest absolute Gasteiger partial charge is 0.257 e. The van der Waals surface area contributed by atoms with E-state index in [9.17, 15) is 15.0 Å². The monoisotopic (exact) mass is 541 g/mol. The van der Waals surface area contributed by atoms with Crippen LogP contribution in [-0.2, 0) is 20.8 Å². The normalized spacial score (nSPS) is 24.4. The van der Waals surface area contributed by atoms with Gasteiger partial charge in [-0.3, -0.25) is 9.69 Å². The maximum absolute atomic E-state index is 14.3. The molecule has 1 saturated heterocycles. The highest BCUT2D eigenvalue weighted by Crippen LogP contribution is 2.51. The van der Waals surface area contributed by atoms with Crippen LogP contribution in [0, 0.1) is 0 Å². The van der Waals surface area contributed by atoms with E-state index in [0.717, 1.165) is 5.56 Å². The zero-order valence-corrected chi connectivity index (χ0v) is 22.3. The third-order valence-corrected chi connectivity index (χ3v) is 7.68. The van der Waals surface area contributed by atoms with Crippen LogP contribution in [0.25, 0.3) is 0 Å². The number of halogens is 2. The van der Waals surface area contributed by atoms with Crippen LogP contribution in [0.1, 0.15) is 59.4 Å². The van der Waals surface area contributed by atoms with Gasteiger partial charge in [-0.05, 0) is 62.2 Å². The molecule has 0 bridgehead atoms. The van der Waals surface area contributed by atoms with Gasteiger partial charge in [0.15, 0.2) is 5.72 Å². The van der Waals surface area contributed by atoms with Crippen molar-refractivity contribution in [2.45, 2.75) is 50.3 Å². The van der Waals surface area contributed by atoms with Crippen LogP contribution in [-0.4, -0.2) is 46.4 Å². The van der Waals surface area contributed by atoms with Gasteiger partial charge in [0.1, 0.15) is 12.2 Å². The number of benzene rings is 3. The second-order valence-electron chi connectivity index (χ2n) is 10.1. The highest BCUT2D eigenvalue weighted by molar-refractivity contribution is 6.30. The van der Waals surface area contributed by atoms with Crippen LogP contribution >= 0.6 is 23.2 Å². The Kier molecular flexibility index (Phi) is 6.86. The average Bonchev–Trinajstić information content (AvgIpc) is 3.37. The molecule has 6 nitrogen and oxygen atoms in total. The summed E-state index contributed by atoms with van der Waals surface area (Å²) in [5, 5.41) is 22.5. The first kappa shape index (κ1) is 26.2. The molecule has 0 saturated carbocycles. The number of hydrogen-bond donors (Lipinski definition) is 2. The largest absolute Gasteiger partial charge is 0.388 e. The summed E-state index contributed by atoms with van der Waals surface area (Å²) >= 11 is 12.4. The summed E-state index contributed by atoms with van der Waals surface area (Å²) in [5.41, 5.74) is 0.641. The lowest BCUT2D eigenvalue weighted by Crippen LogP contribution is -2.51. The minimum Gasteiger partial charge on any atom is -0.388 e. The van der Waals surface area contributed by atoms with Gasteiger partial charge in [-0.25, -0.2) is 0 Å². The molecule has 2 aliphatic heterocycles. The number of hydrogen-bond acceptors (Lipinski definition) is 5. The van der Waals surface area contributed by atoms with Crippen molar-refractivity contribution in [2.24, 2.45) is 0 Å². The topological polar surface area (TPSA) is 79.2 Å². The summed E-state index contributed by atoms with van der Waals surface area (Å²) in [7, 11) is 0. The minimum absolute atomic E-state index is 0.145. The predicted octanol–water partition coefficient (Wildman–Crippen LogP) is 5.42. The van der Waals surface area contributed by atoms with Gasteiger partial charge < -0.3 is 19.7 Å². The SMILES string of the molecule is CC(c1ccc(Cl)cc1)N1C(=O)c2cc(C(C)(C)O)ccc2[C@]1(O[C@@H]1COC[C@@H]1O)c1ccc(Cl)cc1. The number of carbonyl (C=O) groups excluding carboxylic acids is 1. The zero-order chi connectivity index (χ0) is 26.5. The summed E-state index contributed by atoms with van der Waals surface area (Å²) < 4.78 is 12.3. The van der Waals surface area contributed by atoms with Crippen molar-refractivity contribution in [3.8, 4) is 0 Å². The van der Waals surface area contributed by atoms with Gasteiger partial charge in [0, 0.05) is 26.7 Å². The molecule has 194 valence electrons. The van der Waals surface area contributed by atoms with Crippen molar-refractivity contribution in [3.63, 3.8) is 0 Å². The fraction of sp³-hybridized carbons (Fsp3) is 0.345. The van der Waals surface area contributed by atoms with E-state index in [2.05, 4.69) is 0 Å². The molecule has 1 fully saturated rings. The Labute approximate surface area is 226 Å². The Morgan fingerprint density at radius 1 is 1.03 bits per heavy atom. The van der Waals surface area contributed by atoms with Crippen LogP contribution in [0.3, 0.4) is 0 Å². The Balaban J connectivity index is 1.77. The van der Waals surface area contributed by atoms with Crippen molar-refractivity contribution in [2.75, 3.05) is 13.2 Å². The fourth-order valence-corrected chi connectivity index (χ4v) is 5.40. The van der Waals surface area contributed by atoms with Gasteiger partial charge in [-0.1, -0.05) is 59.6 Å².